The molecule has 2 aliphatic rings. The lowest BCUT2D eigenvalue weighted by atomic mass is 10.1. The van der Waals surface area contributed by atoms with E-state index in [0.29, 0.717) is 37.8 Å². The van der Waals surface area contributed by atoms with Crippen LogP contribution in [0.3, 0.4) is 0 Å². The average Bonchev–Trinajstić information content (AvgIpc) is 3.23. The molecule has 1 aromatic rings. The van der Waals surface area contributed by atoms with E-state index in [1.54, 1.807) is 6.07 Å². The fourth-order valence-electron chi connectivity index (χ4n) is 2.96. The number of anilines is 1. The van der Waals surface area contributed by atoms with Gasteiger partial charge in [-0.2, -0.15) is 13.2 Å². The highest BCUT2D eigenvalue weighted by Crippen LogP contribution is 2.39. The standard InChI is InChI=1S/C16H19F3N2O/c1-11-9-14(11)15(22)21-7-5-20(6-8-21)13-4-2-3-12(10-13)16(17,18)19/h2-4,10-11,14H,5-9H2,1H3/t11-,14+/m0/s1. The Bertz CT molecular complexity index is 565. The summed E-state index contributed by atoms with van der Waals surface area (Å²) < 4.78 is 38.3. The zero-order chi connectivity index (χ0) is 15.9. The smallest absolute Gasteiger partial charge is 0.368 e. The number of alkyl halides is 3. The molecule has 0 unspecified atom stereocenters. The molecule has 3 nitrogen and oxygen atoms in total. The fraction of sp³-hybridized carbons (Fsp3) is 0.562. The largest absolute Gasteiger partial charge is 0.416 e. The maximum atomic E-state index is 12.8. The van der Waals surface area contributed by atoms with Crippen molar-refractivity contribution >= 4 is 11.6 Å². The van der Waals surface area contributed by atoms with E-state index < -0.39 is 11.7 Å². The van der Waals surface area contributed by atoms with Gasteiger partial charge in [0.25, 0.3) is 0 Å². The molecular weight excluding hydrogens is 293 g/mol. The fourth-order valence-corrected chi connectivity index (χ4v) is 2.96. The lowest BCUT2D eigenvalue weighted by Gasteiger charge is -2.36. The van der Waals surface area contributed by atoms with E-state index in [1.165, 1.54) is 12.1 Å². The van der Waals surface area contributed by atoms with Gasteiger partial charge in [-0.15, -0.1) is 0 Å². The van der Waals surface area contributed by atoms with Crippen molar-refractivity contribution in [3.8, 4) is 0 Å². The third-order valence-corrected chi connectivity index (χ3v) is 4.56. The number of carbonyl (C=O) groups excluding carboxylic acids is 1. The molecule has 1 saturated carbocycles. The zero-order valence-electron chi connectivity index (χ0n) is 12.4. The number of rotatable bonds is 2. The molecule has 2 atom stereocenters. The van der Waals surface area contributed by atoms with E-state index in [0.717, 1.165) is 12.5 Å². The molecule has 1 amide bonds. The molecule has 1 heterocycles. The maximum Gasteiger partial charge on any atom is 0.416 e. The summed E-state index contributed by atoms with van der Waals surface area (Å²) in [6.45, 7) is 4.39. The Kier molecular flexibility index (Phi) is 3.78. The van der Waals surface area contributed by atoms with Crippen LogP contribution in [0.1, 0.15) is 18.9 Å². The third kappa shape index (κ3) is 3.05. The molecule has 1 saturated heterocycles. The Morgan fingerprint density at radius 2 is 1.82 bits per heavy atom. The van der Waals surface area contributed by atoms with Crippen molar-refractivity contribution in [3.05, 3.63) is 29.8 Å². The molecule has 0 radical (unpaired) electrons. The van der Waals surface area contributed by atoms with Crippen LogP contribution in [-0.2, 0) is 11.0 Å². The highest BCUT2D eigenvalue weighted by atomic mass is 19.4. The molecule has 1 aliphatic carbocycles. The molecule has 1 aliphatic heterocycles. The minimum Gasteiger partial charge on any atom is -0.368 e. The van der Waals surface area contributed by atoms with E-state index in [4.69, 9.17) is 0 Å². The van der Waals surface area contributed by atoms with Crippen LogP contribution in [-0.4, -0.2) is 37.0 Å². The van der Waals surface area contributed by atoms with Gasteiger partial charge in [0.15, 0.2) is 0 Å². The van der Waals surface area contributed by atoms with Gasteiger partial charge in [-0.05, 0) is 30.5 Å². The van der Waals surface area contributed by atoms with E-state index in [1.807, 2.05) is 9.80 Å². The maximum absolute atomic E-state index is 12.8. The SMILES string of the molecule is C[C@H]1C[C@H]1C(=O)N1CCN(c2cccc(C(F)(F)F)c2)CC1. The lowest BCUT2D eigenvalue weighted by Crippen LogP contribution is -2.49. The van der Waals surface area contributed by atoms with Gasteiger partial charge in [0.05, 0.1) is 5.56 Å². The number of halogens is 3. The van der Waals surface area contributed by atoms with Crippen LogP contribution in [0.15, 0.2) is 24.3 Å². The van der Waals surface area contributed by atoms with Gasteiger partial charge in [0.2, 0.25) is 5.91 Å². The van der Waals surface area contributed by atoms with Gasteiger partial charge >= 0.3 is 6.18 Å². The summed E-state index contributed by atoms with van der Waals surface area (Å²) in [6, 6.07) is 5.38. The summed E-state index contributed by atoms with van der Waals surface area (Å²) in [5.74, 6) is 0.852. The predicted octanol–water partition coefficient (Wildman–Crippen LogP) is 3.01. The minimum atomic E-state index is -4.32. The number of benzene rings is 1. The number of nitrogens with zero attached hydrogens (tertiary/aromatic N) is 2. The third-order valence-electron chi connectivity index (χ3n) is 4.56. The van der Waals surface area contributed by atoms with Gasteiger partial charge in [-0.25, -0.2) is 0 Å². The first-order chi connectivity index (χ1) is 10.4. The lowest BCUT2D eigenvalue weighted by molar-refractivity contribution is -0.137. The second-order valence-electron chi connectivity index (χ2n) is 6.18. The molecule has 0 aromatic heterocycles. The first-order valence-electron chi connectivity index (χ1n) is 7.57. The van der Waals surface area contributed by atoms with Crippen molar-refractivity contribution in [3.63, 3.8) is 0 Å². The van der Waals surface area contributed by atoms with Crippen LogP contribution in [0.2, 0.25) is 0 Å². The molecule has 120 valence electrons. The summed E-state index contributed by atoms with van der Waals surface area (Å²) in [4.78, 5) is 15.9. The van der Waals surface area contributed by atoms with Crippen molar-refractivity contribution in [1.82, 2.24) is 4.90 Å². The van der Waals surface area contributed by atoms with Crippen molar-refractivity contribution in [2.45, 2.75) is 19.5 Å². The highest BCUT2D eigenvalue weighted by molar-refractivity contribution is 5.81. The van der Waals surface area contributed by atoms with Crippen LogP contribution in [0.4, 0.5) is 18.9 Å². The topological polar surface area (TPSA) is 23.6 Å². The van der Waals surface area contributed by atoms with Gasteiger partial charge < -0.3 is 9.80 Å². The molecular formula is C16H19F3N2O. The monoisotopic (exact) mass is 312 g/mol. The quantitative estimate of drug-likeness (QED) is 0.838. The molecule has 22 heavy (non-hydrogen) atoms. The Morgan fingerprint density at radius 3 is 2.36 bits per heavy atom. The van der Waals surface area contributed by atoms with Gasteiger partial charge in [-0.3, -0.25) is 4.79 Å². The van der Waals surface area contributed by atoms with E-state index in [9.17, 15) is 18.0 Å². The summed E-state index contributed by atoms with van der Waals surface area (Å²) in [5, 5.41) is 0. The second-order valence-corrected chi connectivity index (χ2v) is 6.18. The van der Waals surface area contributed by atoms with Gasteiger partial charge in [0.1, 0.15) is 0 Å². The molecule has 0 N–H and O–H groups in total. The molecule has 0 spiro atoms. The van der Waals surface area contributed by atoms with Gasteiger partial charge in [-0.1, -0.05) is 13.0 Å². The normalized spacial score (nSPS) is 25.3. The summed E-state index contributed by atoms with van der Waals surface area (Å²) >= 11 is 0. The Balaban J connectivity index is 1.63. The first-order valence-corrected chi connectivity index (χ1v) is 7.57. The molecule has 2 fully saturated rings. The number of hydrogen-bond donors (Lipinski definition) is 0. The average molecular weight is 312 g/mol. The molecule has 0 bridgehead atoms. The van der Waals surface area contributed by atoms with Crippen molar-refractivity contribution in [2.24, 2.45) is 11.8 Å². The molecule has 6 heteroatoms. The summed E-state index contributed by atoms with van der Waals surface area (Å²) in [7, 11) is 0. The Labute approximate surface area is 127 Å². The van der Waals surface area contributed by atoms with Gasteiger partial charge in [0, 0.05) is 37.8 Å². The zero-order valence-corrected chi connectivity index (χ0v) is 12.4. The minimum absolute atomic E-state index is 0.167. The summed E-state index contributed by atoms with van der Waals surface area (Å²) in [5.41, 5.74) is -0.0583. The van der Waals surface area contributed by atoms with Crippen LogP contribution in [0.5, 0.6) is 0 Å². The number of amides is 1. The first kappa shape index (κ1) is 15.2. The van der Waals surface area contributed by atoms with E-state index >= 15 is 0 Å². The number of hydrogen-bond acceptors (Lipinski definition) is 2. The van der Waals surface area contributed by atoms with Crippen LogP contribution in [0, 0.1) is 11.8 Å². The number of carbonyl (C=O) groups is 1. The predicted molar refractivity (Wildman–Crippen MR) is 77.5 cm³/mol. The Morgan fingerprint density at radius 1 is 1.18 bits per heavy atom. The van der Waals surface area contributed by atoms with Crippen LogP contribution < -0.4 is 4.90 Å². The van der Waals surface area contributed by atoms with Crippen molar-refractivity contribution in [2.75, 3.05) is 31.1 Å². The highest BCUT2D eigenvalue weighted by Gasteiger charge is 2.42. The Hall–Kier alpha value is -1.72. The van der Waals surface area contributed by atoms with Crippen LogP contribution >= 0.6 is 0 Å². The second kappa shape index (κ2) is 5.48. The number of piperazine rings is 1. The summed E-state index contributed by atoms with van der Waals surface area (Å²) in [6.07, 6.45) is -3.36. The van der Waals surface area contributed by atoms with Crippen LogP contribution in [0.25, 0.3) is 0 Å². The van der Waals surface area contributed by atoms with Crippen molar-refractivity contribution < 1.29 is 18.0 Å². The van der Waals surface area contributed by atoms with E-state index in [2.05, 4.69) is 6.92 Å². The van der Waals surface area contributed by atoms with E-state index in [-0.39, 0.29) is 11.8 Å². The molecule has 3 rings (SSSR count). The van der Waals surface area contributed by atoms with Crippen molar-refractivity contribution in [1.29, 1.82) is 0 Å². The molecule has 1 aromatic carbocycles.